The standard InChI is InChI=1S/C13H27N/c1-10(2)11(3)13(14-4)9-12-7-5-6-8-12/h10-14H,5-9H2,1-4H3. The molecule has 1 fully saturated rings. The Hall–Kier alpha value is -0.0400. The summed E-state index contributed by atoms with van der Waals surface area (Å²) in [6, 6.07) is 0.734. The van der Waals surface area contributed by atoms with Crippen molar-refractivity contribution in [3.05, 3.63) is 0 Å². The fraction of sp³-hybridized carbons (Fsp3) is 1.00. The van der Waals surface area contributed by atoms with Crippen LogP contribution in [0.25, 0.3) is 0 Å². The Morgan fingerprint density at radius 3 is 2.14 bits per heavy atom. The van der Waals surface area contributed by atoms with Crippen LogP contribution in [0.5, 0.6) is 0 Å². The Kier molecular flexibility index (Phi) is 4.94. The van der Waals surface area contributed by atoms with Crippen molar-refractivity contribution in [1.82, 2.24) is 5.32 Å². The Morgan fingerprint density at radius 1 is 1.14 bits per heavy atom. The minimum atomic E-state index is 0.734. The van der Waals surface area contributed by atoms with E-state index in [2.05, 4.69) is 33.1 Å². The fourth-order valence-electron chi connectivity index (χ4n) is 2.67. The lowest BCUT2D eigenvalue weighted by Crippen LogP contribution is -2.36. The summed E-state index contributed by atoms with van der Waals surface area (Å²) in [6.07, 6.45) is 7.29. The number of rotatable bonds is 5. The summed E-state index contributed by atoms with van der Waals surface area (Å²) >= 11 is 0. The Morgan fingerprint density at radius 2 is 1.71 bits per heavy atom. The van der Waals surface area contributed by atoms with Gasteiger partial charge in [-0.05, 0) is 31.2 Å². The third-order valence-corrected chi connectivity index (χ3v) is 4.12. The Bertz CT molecular complexity index is 147. The van der Waals surface area contributed by atoms with E-state index in [1.807, 2.05) is 0 Å². The second-order valence-corrected chi connectivity index (χ2v) is 5.38. The summed E-state index contributed by atoms with van der Waals surface area (Å²) in [7, 11) is 2.12. The van der Waals surface area contributed by atoms with E-state index in [9.17, 15) is 0 Å². The maximum absolute atomic E-state index is 3.51. The van der Waals surface area contributed by atoms with Crippen LogP contribution in [0.1, 0.15) is 52.9 Å². The average molecular weight is 197 g/mol. The van der Waals surface area contributed by atoms with Crippen molar-refractivity contribution >= 4 is 0 Å². The van der Waals surface area contributed by atoms with Crippen molar-refractivity contribution in [2.45, 2.75) is 58.9 Å². The van der Waals surface area contributed by atoms with E-state index in [-0.39, 0.29) is 0 Å². The zero-order valence-electron chi connectivity index (χ0n) is 10.3. The van der Waals surface area contributed by atoms with Crippen molar-refractivity contribution < 1.29 is 0 Å². The molecule has 0 bridgehead atoms. The maximum atomic E-state index is 3.51. The molecule has 0 radical (unpaired) electrons. The molecule has 1 aliphatic carbocycles. The van der Waals surface area contributed by atoms with Gasteiger partial charge in [-0.1, -0.05) is 46.5 Å². The van der Waals surface area contributed by atoms with Crippen LogP contribution in [-0.2, 0) is 0 Å². The highest BCUT2D eigenvalue weighted by atomic mass is 14.9. The first-order chi connectivity index (χ1) is 6.65. The van der Waals surface area contributed by atoms with E-state index in [0.717, 1.165) is 23.8 Å². The molecule has 0 amide bonds. The van der Waals surface area contributed by atoms with Gasteiger partial charge in [0.1, 0.15) is 0 Å². The van der Waals surface area contributed by atoms with E-state index in [1.165, 1.54) is 32.1 Å². The summed E-state index contributed by atoms with van der Waals surface area (Å²) in [4.78, 5) is 0. The first kappa shape index (κ1) is 12.0. The van der Waals surface area contributed by atoms with Gasteiger partial charge in [-0.15, -0.1) is 0 Å². The van der Waals surface area contributed by atoms with Crippen LogP contribution < -0.4 is 5.32 Å². The zero-order chi connectivity index (χ0) is 10.6. The molecule has 1 rings (SSSR count). The van der Waals surface area contributed by atoms with Crippen LogP contribution in [0.2, 0.25) is 0 Å². The minimum absolute atomic E-state index is 0.734. The summed E-state index contributed by atoms with van der Waals surface area (Å²) in [5.74, 6) is 2.61. The molecule has 1 N–H and O–H groups in total. The number of hydrogen-bond donors (Lipinski definition) is 1. The Balaban J connectivity index is 2.36. The topological polar surface area (TPSA) is 12.0 Å². The average Bonchev–Trinajstić information content (AvgIpc) is 2.65. The summed E-state index contributed by atoms with van der Waals surface area (Å²) in [5.41, 5.74) is 0. The molecule has 1 nitrogen and oxygen atoms in total. The zero-order valence-corrected chi connectivity index (χ0v) is 10.3. The lowest BCUT2D eigenvalue weighted by molar-refractivity contribution is 0.265. The van der Waals surface area contributed by atoms with E-state index < -0.39 is 0 Å². The molecule has 0 spiro atoms. The monoisotopic (exact) mass is 197 g/mol. The minimum Gasteiger partial charge on any atom is -0.317 e. The molecule has 0 saturated heterocycles. The fourth-order valence-corrected chi connectivity index (χ4v) is 2.67. The normalized spacial score (nSPS) is 22.9. The highest BCUT2D eigenvalue weighted by Crippen LogP contribution is 2.31. The molecule has 0 aromatic rings. The van der Waals surface area contributed by atoms with E-state index in [0.29, 0.717) is 0 Å². The van der Waals surface area contributed by atoms with Crippen LogP contribution in [-0.4, -0.2) is 13.1 Å². The molecule has 84 valence electrons. The van der Waals surface area contributed by atoms with E-state index >= 15 is 0 Å². The summed E-state index contributed by atoms with van der Waals surface area (Å²) in [6.45, 7) is 7.06. The van der Waals surface area contributed by atoms with Crippen molar-refractivity contribution in [2.24, 2.45) is 17.8 Å². The highest BCUT2D eigenvalue weighted by molar-refractivity contribution is 4.79. The van der Waals surface area contributed by atoms with Crippen molar-refractivity contribution in [2.75, 3.05) is 7.05 Å². The van der Waals surface area contributed by atoms with E-state index in [4.69, 9.17) is 0 Å². The van der Waals surface area contributed by atoms with Gasteiger partial charge in [0.05, 0.1) is 0 Å². The molecule has 14 heavy (non-hydrogen) atoms. The summed E-state index contributed by atoms with van der Waals surface area (Å²) < 4.78 is 0. The predicted molar refractivity (Wildman–Crippen MR) is 63.4 cm³/mol. The van der Waals surface area contributed by atoms with Crippen molar-refractivity contribution in [3.63, 3.8) is 0 Å². The third-order valence-electron chi connectivity index (χ3n) is 4.12. The molecule has 0 aliphatic heterocycles. The molecule has 1 heteroatoms. The van der Waals surface area contributed by atoms with E-state index in [1.54, 1.807) is 0 Å². The van der Waals surface area contributed by atoms with Gasteiger partial charge in [-0.2, -0.15) is 0 Å². The van der Waals surface area contributed by atoms with Crippen LogP contribution in [0.4, 0.5) is 0 Å². The third kappa shape index (κ3) is 3.27. The van der Waals surface area contributed by atoms with Gasteiger partial charge >= 0.3 is 0 Å². The highest BCUT2D eigenvalue weighted by Gasteiger charge is 2.24. The number of nitrogens with one attached hydrogen (secondary N) is 1. The second-order valence-electron chi connectivity index (χ2n) is 5.38. The molecule has 0 aromatic carbocycles. The molecule has 2 unspecified atom stereocenters. The maximum Gasteiger partial charge on any atom is 0.00947 e. The Labute approximate surface area is 89.7 Å². The molecule has 0 aromatic heterocycles. The molecule has 2 atom stereocenters. The SMILES string of the molecule is CNC(CC1CCCC1)C(C)C(C)C. The molecule has 0 heterocycles. The lowest BCUT2D eigenvalue weighted by atomic mass is 9.84. The second kappa shape index (κ2) is 5.75. The van der Waals surface area contributed by atoms with Crippen molar-refractivity contribution in [1.29, 1.82) is 0 Å². The predicted octanol–water partition coefficient (Wildman–Crippen LogP) is 3.45. The van der Waals surface area contributed by atoms with Gasteiger partial charge in [0.15, 0.2) is 0 Å². The van der Waals surface area contributed by atoms with Gasteiger partial charge in [0, 0.05) is 6.04 Å². The van der Waals surface area contributed by atoms with Gasteiger partial charge < -0.3 is 5.32 Å². The largest absolute Gasteiger partial charge is 0.317 e. The molecular weight excluding hydrogens is 170 g/mol. The van der Waals surface area contributed by atoms with Gasteiger partial charge in [-0.3, -0.25) is 0 Å². The lowest BCUT2D eigenvalue weighted by Gasteiger charge is -2.28. The molecular formula is C13H27N. The van der Waals surface area contributed by atoms with Crippen LogP contribution in [0, 0.1) is 17.8 Å². The number of hydrogen-bond acceptors (Lipinski definition) is 1. The quantitative estimate of drug-likeness (QED) is 0.712. The first-order valence-corrected chi connectivity index (χ1v) is 6.32. The van der Waals surface area contributed by atoms with Crippen LogP contribution in [0.15, 0.2) is 0 Å². The smallest absolute Gasteiger partial charge is 0.00947 e. The van der Waals surface area contributed by atoms with Gasteiger partial charge in [0.2, 0.25) is 0 Å². The van der Waals surface area contributed by atoms with Crippen LogP contribution >= 0.6 is 0 Å². The molecule has 1 saturated carbocycles. The first-order valence-electron chi connectivity index (χ1n) is 6.32. The van der Waals surface area contributed by atoms with Crippen LogP contribution in [0.3, 0.4) is 0 Å². The van der Waals surface area contributed by atoms with Gasteiger partial charge in [-0.25, -0.2) is 0 Å². The summed E-state index contributed by atoms with van der Waals surface area (Å²) in [5, 5.41) is 3.51. The van der Waals surface area contributed by atoms with Crippen molar-refractivity contribution in [3.8, 4) is 0 Å². The molecule has 1 aliphatic rings. The van der Waals surface area contributed by atoms with Gasteiger partial charge in [0.25, 0.3) is 0 Å².